The fourth-order valence-electron chi connectivity index (χ4n) is 6.89. The van der Waals surface area contributed by atoms with Crippen LogP contribution in [0.1, 0.15) is 95.2 Å². The van der Waals surface area contributed by atoms with Crippen molar-refractivity contribution in [3.8, 4) is 0 Å². The quantitative estimate of drug-likeness (QED) is 0.649. The highest BCUT2D eigenvalue weighted by Crippen LogP contribution is 2.58. The number of hydrogen-bond donors (Lipinski definition) is 2. The summed E-state index contributed by atoms with van der Waals surface area (Å²) in [7, 11) is 0. The Morgan fingerprint density at radius 2 is 1.84 bits per heavy atom. The molecule has 1 aliphatic heterocycles. The number of nitrogens with one attached hydrogen (secondary N) is 1. The molecule has 1 heterocycles. The Bertz CT molecular complexity index is 889. The lowest BCUT2D eigenvalue weighted by atomic mass is 9.49. The topological polar surface area (TPSA) is 69.6 Å². The highest BCUT2D eigenvalue weighted by molar-refractivity contribution is 5.93. The molecule has 5 nitrogen and oxygen atoms in total. The number of aryl methyl sites for hydroxylation is 1. The Hall–Kier alpha value is -1.88. The molecule has 2 aliphatic carbocycles. The third kappa shape index (κ3) is 4.09. The van der Waals surface area contributed by atoms with Crippen molar-refractivity contribution in [2.45, 2.75) is 90.4 Å². The van der Waals surface area contributed by atoms with Crippen LogP contribution < -0.4 is 5.32 Å². The van der Waals surface area contributed by atoms with Gasteiger partial charge in [-0.05, 0) is 98.5 Å². The van der Waals surface area contributed by atoms with Crippen molar-refractivity contribution in [1.82, 2.24) is 4.90 Å². The van der Waals surface area contributed by atoms with E-state index in [9.17, 15) is 14.7 Å². The van der Waals surface area contributed by atoms with Gasteiger partial charge in [0.25, 0.3) is 0 Å². The largest absolute Gasteiger partial charge is 0.481 e. The number of carboxylic acid groups (broad SMARTS) is 1. The minimum absolute atomic E-state index is 0.0604. The lowest BCUT2D eigenvalue weighted by Crippen LogP contribution is -2.52. The van der Waals surface area contributed by atoms with E-state index in [0.717, 1.165) is 50.9 Å². The molecule has 0 radical (unpaired) electrons. The molecule has 4 rings (SSSR count). The van der Waals surface area contributed by atoms with Crippen LogP contribution in [-0.2, 0) is 21.4 Å². The number of likely N-dealkylation sites (tertiary alicyclic amines) is 1. The smallest absolute Gasteiger partial charge is 0.309 e. The van der Waals surface area contributed by atoms with E-state index in [1.54, 1.807) is 0 Å². The van der Waals surface area contributed by atoms with Gasteiger partial charge in [0.1, 0.15) is 0 Å². The van der Waals surface area contributed by atoms with Gasteiger partial charge in [0, 0.05) is 5.69 Å². The van der Waals surface area contributed by atoms with E-state index in [-0.39, 0.29) is 17.2 Å². The molecular formula is C27H40N2O3. The number of fused-ring (bicyclic) bond motifs is 3. The standard InChI is InChI=1S/C27H40N2O3/c1-18(2)20-15-19-9-10-23-26(3,11-8-12-27(23,4)25(31)32)21(19)16-22(20)28-24(30)17-29-13-6-5-7-14-29/h15-16,18,23H,5-14,17H2,1-4H3,(H,28,30)(H,31,32)/t23-,26-,27-/m1/s1. The number of benzene rings is 1. The van der Waals surface area contributed by atoms with Gasteiger partial charge in [-0.2, -0.15) is 0 Å². The van der Waals surface area contributed by atoms with Crippen molar-refractivity contribution in [3.63, 3.8) is 0 Å². The van der Waals surface area contributed by atoms with Gasteiger partial charge in [-0.3, -0.25) is 14.5 Å². The molecule has 5 heteroatoms. The fraction of sp³-hybridized carbons (Fsp3) is 0.704. The summed E-state index contributed by atoms with van der Waals surface area (Å²) in [6.45, 7) is 11.0. The number of anilines is 1. The summed E-state index contributed by atoms with van der Waals surface area (Å²) in [5.74, 6) is -0.168. The van der Waals surface area contributed by atoms with Crippen LogP contribution in [0.3, 0.4) is 0 Å². The minimum Gasteiger partial charge on any atom is -0.481 e. The molecule has 3 atom stereocenters. The third-order valence-corrected chi connectivity index (χ3v) is 8.72. The molecule has 32 heavy (non-hydrogen) atoms. The van der Waals surface area contributed by atoms with Gasteiger partial charge in [0.2, 0.25) is 5.91 Å². The predicted molar refractivity (Wildman–Crippen MR) is 128 cm³/mol. The zero-order valence-electron chi connectivity index (χ0n) is 20.3. The fourth-order valence-corrected chi connectivity index (χ4v) is 6.89. The van der Waals surface area contributed by atoms with Crippen LogP contribution in [0.25, 0.3) is 0 Å². The van der Waals surface area contributed by atoms with Crippen molar-refractivity contribution in [2.24, 2.45) is 11.3 Å². The van der Waals surface area contributed by atoms with E-state index < -0.39 is 11.4 Å². The first-order chi connectivity index (χ1) is 15.1. The van der Waals surface area contributed by atoms with Crippen molar-refractivity contribution in [2.75, 3.05) is 25.0 Å². The zero-order valence-corrected chi connectivity index (χ0v) is 20.3. The molecule has 1 saturated heterocycles. The predicted octanol–water partition coefficient (Wildman–Crippen LogP) is 5.33. The molecule has 3 aliphatic rings. The zero-order chi connectivity index (χ0) is 23.1. The monoisotopic (exact) mass is 440 g/mol. The SMILES string of the molecule is CC(C)c1cc2c(cc1NC(=O)CN1CCCCC1)[C@@]1(C)CCC[C@@](C)(C(=O)O)[C@@H]1CC2. The first-order valence-electron chi connectivity index (χ1n) is 12.6. The van der Waals surface area contributed by atoms with E-state index >= 15 is 0 Å². The summed E-state index contributed by atoms with van der Waals surface area (Å²) in [5.41, 5.74) is 3.87. The number of carbonyl (C=O) groups is 2. The van der Waals surface area contributed by atoms with Crippen LogP contribution in [0.2, 0.25) is 0 Å². The maximum Gasteiger partial charge on any atom is 0.309 e. The molecule has 1 amide bonds. The van der Waals surface area contributed by atoms with Crippen molar-refractivity contribution in [1.29, 1.82) is 0 Å². The molecule has 1 aromatic rings. The highest BCUT2D eigenvalue weighted by Gasteiger charge is 2.55. The second kappa shape index (κ2) is 8.81. The van der Waals surface area contributed by atoms with Gasteiger partial charge >= 0.3 is 5.97 Å². The number of piperidine rings is 1. The van der Waals surface area contributed by atoms with E-state index in [1.165, 1.54) is 36.0 Å². The molecule has 0 spiro atoms. The highest BCUT2D eigenvalue weighted by atomic mass is 16.4. The maximum atomic E-state index is 12.9. The first kappa shape index (κ1) is 23.3. The molecule has 1 aromatic carbocycles. The van der Waals surface area contributed by atoms with Gasteiger partial charge in [0.15, 0.2) is 0 Å². The molecule has 1 saturated carbocycles. The number of rotatable bonds is 5. The number of hydrogen-bond acceptors (Lipinski definition) is 3. The first-order valence-corrected chi connectivity index (χ1v) is 12.6. The number of aliphatic carboxylic acids is 1. The lowest BCUT2D eigenvalue weighted by molar-refractivity contribution is -0.157. The summed E-state index contributed by atoms with van der Waals surface area (Å²) < 4.78 is 0. The molecule has 0 aromatic heterocycles. The summed E-state index contributed by atoms with van der Waals surface area (Å²) >= 11 is 0. The third-order valence-electron chi connectivity index (χ3n) is 8.72. The van der Waals surface area contributed by atoms with Crippen LogP contribution in [0.15, 0.2) is 12.1 Å². The van der Waals surface area contributed by atoms with E-state index in [0.29, 0.717) is 12.5 Å². The molecular weight excluding hydrogens is 400 g/mol. The Balaban J connectivity index is 1.67. The second-order valence-corrected chi connectivity index (χ2v) is 11.2. The second-order valence-electron chi connectivity index (χ2n) is 11.2. The van der Waals surface area contributed by atoms with Crippen LogP contribution >= 0.6 is 0 Å². The van der Waals surface area contributed by atoms with Crippen LogP contribution in [0, 0.1) is 11.3 Å². The molecule has 2 fully saturated rings. The number of amides is 1. The van der Waals surface area contributed by atoms with Crippen LogP contribution in [0.4, 0.5) is 5.69 Å². The summed E-state index contributed by atoms with van der Waals surface area (Å²) in [5, 5.41) is 13.3. The summed E-state index contributed by atoms with van der Waals surface area (Å²) in [6.07, 6.45) is 8.13. The normalized spacial score (nSPS) is 30.5. The lowest BCUT2D eigenvalue weighted by Gasteiger charge is -2.53. The molecule has 0 unspecified atom stereocenters. The minimum atomic E-state index is -0.681. The molecule has 0 bridgehead atoms. The number of nitrogens with zero attached hydrogens (tertiary/aromatic N) is 1. The van der Waals surface area contributed by atoms with E-state index in [1.807, 2.05) is 6.92 Å². The number of carbonyl (C=O) groups excluding carboxylic acids is 1. The summed E-state index contributed by atoms with van der Waals surface area (Å²) in [4.78, 5) is 27.5. The van der Waals surface area contributed by atoms with Gasteiger partial charge in [0.05, 0.1) is 12.0 Å². The van der Waals surface area contributed by atoms with E-state index in [4.69, 9.17) is 0 Å². The van der Waals surface area contributed by atoms with Gasteiger partial charge in [-0.25, -0.2) is 0 Å². The van der Waals surface area contributed by atoms with Crippen LogP contribution in [-0.4, -0.2) is 41.5 Å². The van der Waals surface area contributed by atoms with Crippen LogP contribution in [0.5, 0.6) is 0 Å². The Morgan fingerprint density at radius 1 is 1.12 bits per heavy atom. The Labute approximate surface area is 193 Å². The van der Waals surface area contributed by atoms with Crippen molar-refractivity contribution in [3.05, 3.63) is 28.8 Å². The van der Waals surface area contributed by atoms with E-state index in [2.05, 4.69) is 43.1 Å². The van der Waals surface area contributed by atoms with Gasteiger partial charge < -0.3 is 10.4 Å². The number of carboxylic acids is 1. The van der Waals surface area contributed by atoms with Gasteiger partial charge in [-0.1, -0.05) is 39.7 Å². The molecule has 2 N–H and O–H groups in total. The average molecular weight is 441 g/mol. The van der Waals surface area contributed by atoms with Gasteiger partial charge in [-0.15, -0.1) is 0 Å². The van der Waals surface area contributed by atoms with Crippen molar-refractivity contribution < 1.29 is 14.7 Å². The average Bonchev–Trinajstić information content (AvgIpc) is 2.74. The molecule has 176 valence electrons. The maximum absolute atomic E-state index is 12.9. The Kier molecular flexibility index (Phi) is 6.41. The van der Waals surface area contributed by atoms with Crippen molar-refractivity contribution >= 4 is 17.6 Å². The Morgan fingerprint density at radius 3 is 2.50 bits per heavy atom. The summed E-state index contributed by atoms with van der Waals surface area (Å²) in [6, 6.07) is 4.50.